The molecule has 0 aliphatic rings. The van der Waals surface area contributed by atoms with Gasteiger partial charge in [-0.1, -0.05) is 24.3 Å². The van der Waals surface area contributed by atoms with Gasteiger partial charge in [-0.2, -0.15) is 18.6 Å². The van der Waals surface area contributed by atoms with Crippen LogP contribution in [-0.2, 0) is 18.0 Å². The maximum absolute atomic E-state index is 12.2. The minimum absolute atomic E-state index is 0. The van der Waals surface area contributed by atoms with Crippen molar-refractivity contribution in [1.82, 2.24) is 14.5 Å². The fourth-order valence-electron chi connectivity index (χ4n) is 2.14. The Kier molecular flexibility index (Phi) is 6.62. The molecule has 23 heavy (non-hydrogen) atoms. The monoisotopic (exact) mass is 353 g/mol. The number of benzene rings is 1. The second-order valence-corrected chi connectivity index (χ2v) is 8.61. The quantitative estimate of drug-likeness (QED) is 0.912. The first-order valence-corrected chi connectivity index (χ1v) is 8.62. The minimum Gasteiger partial charge on any atom is -0.272 e. The lowest BCUT2D eigenvalue weighted by atomic mass is 10.0. The zero-order valence-electron chi connectivity index (χ0n) is 14.7. The van der Waals surface area contributed by atoms with Crippen LogP contribution in [0.5, 0.6) is 0 Å². The van der Waals surface area contributed by atoms with Crippen LogP contribution in [0.25, 0.3) is 11.1 Å². The van der Waals surface area contributed by atoms with Gasteiger partial charge in [0.25, 0.3) is 0 Å². The Morgan fingerprint density at radius 3 is 2.22 bits per heavy atom. The minimum atomic E-state index is -1.07. The summed E-state index contributed by atoms with van der Waals surface area (Å²) in [5.74, 6) is 0. The Bertz CT molecular complexity index is 672. The molecule has 0 unspecified atom stereocenters. The third-order valence-electron chi connectivity index (χ3n) is 3.80. The van der Waals surface area contributed by atoms with Gasteiger partial charge in [-0.15, -0.1) is 0 Å². The van der Waals surface area contributed by atoms with E-state index in [-0.39, 0.29) is 24.3 Å². The fraction of sp³-hybridized carbons (Fsp3) is 0.471. The molecular formula is C17H27N3OS2. The molecule has 4 nitrogen and oxygen atoms in total. The molecule has 0 fully saturated rings. The molecule has 6 heteroatoms. The van der Waals surface area contributed by atoms with Gasteiger partial charge in [0.1, 0.15) is 0 Å². The normalized spacial score (nSPS) is 14.2. The summed E-state index contributed by atoms with van der Waals surface area (Å²) in [4.78, 5) is 0. The van der Waals surface area contributed by atoms with E-state index in [2.05, 4.69) is 41.0 Å². The summed E-state index contributed by atoms with van der Waals surface area (Å²) in [6, 6.07) is 8.40. The summed E-state index contributed by atoms with van der Waals surface area (Å²) in [6.45, 7) is 10.0. The van der Waals surface area contributed by atoms with Crippen molar-refractivity contribution in [2.75, 3.05) is 0 Å². The van der Waals surface area contributed by atoms with Gasteiger partial charge in [-0.25, -0.2) is 8.93 Å². The number of hydrogen-bond acceptors (Lipinski definition) is 2. The molecule has 0 aliphatic heterocycles. The molecule has 1 aromatic heterocycles. The molecule has 0 spiro atoms. The number of nitrogens with zero attached hydrogens (tertiary/aromatic N) is 2. The van der Waals surface area contributed by atoms with Crippen molar-refractivity contribution in [2.24, 2.45) is 7.05 Å². The number of hydrogen-bond donors (Lipinski definition) is 1. The van der Waals surface area contributed by atoms with E-state index in [0.29, 0.717) is 0 Å². The Labute approximate surface area is 148 Å². The number of aryl methyl sites for hydroxylation is 1. The Morgan fingerprint density at radius 2 is 1.78 bits per heavy atom. The second kappa shape index (κ2) is 7.64. The van der Waals surface area contributed by atoms with Crippen molar-refractivity contribution in [3.8, 4) is 11.1 Å². The number of rotatable bonds is 4. The molecule has 0 aliphatic carbocycles. The molecule has 0 bridgehead atoms. The number of aromatic nitrogens is 2. The summed E-state index contributed by atoms with van der Waals surface area (Å²) in [6.07, 6.45) is 1.89. The van der Waals surface area contributed by atoms with E-state index in [4.69, 9.17) is 0 Å². The summed E-state index contributed by atoms with van der Waals surface area (Å²) in [7, 11) is 0.873. The first-order valence-electron chi connectivity index (χ1n) is 7.47. The van der Waals surface area contributed by atoms with Gasteiger partial charge in [0.05, 0.1) is 21.9 Å². The molecule has 0 radical (unpaired) electrons. The van der Waals surface area contributed by atoms with Crippen LogP contribution in [0.15, 0.2) is 30.5 Å². The van der Waals surface area contributed by atoms with Gasteiger partial charge in [-0.05, 0) is 45.7 Å². The highest BCUT2D eigenvalue weighted by molar-refractivity contribution is 7.84. The van der Waals surface area contributed by atoms with Gasteiger partial charge in [0, 0.05) is 24.3 Å². The van der Waals surface area contributed by atoms with E-state index < -0.39 is 11.0 Å². The van der Waals surface area contributed by atoms with E-state index in [1.54, 1.807) is 0 Å². The molecule has 1 N–H and O–H groups in total. The van der Waals surface area contributed by atoms with Gasteiger partial charge in [0.2, 0.25) is 0 Å². The lowest BCUT2D eigenvalue weighted by molar-refractivity contribution is 0.616. The molecule has 2 rings (SSSR count). The first-order chi connectivity index (χ1) is 10.2. The van der Waals surface area contributed by atoms with Crippen LogP contribution in [-0.4, -0.2) is 18.7 Å². The van der Waals surface area contributed by atoms with E-state index >= 15 is 0 Å². The average Bonchev–Trinajstić information content (AvgIpc) is 2.78. The third kappa shape index (κ3) is 4.68. The Morgan fingerprint density at radius 1 is 1.22 bits per heavy atom. The second-order valence-electron chi connectivity index (χ2n) is 6.61. The standard InChI is InChI=1S/C17H25N3OS.H2S/c1-12(19-22(21)17(3,4)5)14-7-9-15(10-8-14)16-11-18-20(6)13(16)2;/h7-12,19H,1-6H3;1H2/t12-,22+;/m0./s1. The zero-order valence-corrected chi connectivity index (χ0v) is 16.5. The van der Waals surface area contributed by atoms with Crippen LogP contribution >= 0.6 is 13.5 Å². The van der Waals surface area contributed by atoms with E-state index in [1.807, 2.05) is 45.6 Å². The Balaban J connectivity index is 0.00000264. The highest BCUT2D eigenvalue weighted by Gasteiger charge is 2.21. The summed E-state index contributed by atoms with van der Waals surface area (Å²) >= 11 is 0. The summed E-state index contributed by atoms with van der Waals surface area (Å²) in [5.41, 5.74) is 4.57. The van der Waals surface area contributed by atoms with Crippen molar-refractivity contribution >= 4 is 24.5 Å². The lowest BCUT2D eigenvalue weighted by Crippen LogP contribution is -2.34. The highest BCUT2D eigenvalue weighted by atomic mass is 32.2. The van der Waals surface area contributed by atoms with Gasteiger partial charge < -0.3 is 0 Å². The molecule has 2 atom stereocenters. The Hall–Kier alpha value is -1.11. The zero-order chi connectivity index (χ0) is 16.5. The molecule has 0 amide bonds. The largest absolute Gasteiger partial charge is 0.272 e. The van der Waals surface area contributed by atoms with Crippen LogP contribution in [0, 0.1) is 6.92 Å². The van der Waals surface area contributed by atoms with Gasteiger partial charge in [0.15, 0.2) is 0 Å². The fourth-order valence-corrected chi connectivity index (χ4v) is 2.95. The van der Waals surface area contributed by atoms with Gasteiger partial charge >= 0.3 is 0 Å². The predicted octanol–water partition coefficient (Wildman–Crippen LogP) is 3.62. The van der Waals surface area contributed by atoms with Crippen molar-refractivity contribution in [3.63, 3.8) is 0 Å². The van der Waals surface area contributed by atoms with E-state index in [1.165, 1.54) is 0 Å². The smallest absolute Gasteiger partial charge is 0.0975 e. The van der Waals surface area contributed by atoms with Crippen LogP contribution in [0.2, 0.25) is 0 Å². The summed E-state index contributed by atoms with van der Waals surface area (Å²) < 4.78 is 17.0. The maximum Gasteiger partial charge on any atom is 0.0975 e. The SMILES string of the molecule is Cc1c(-c2ccc([C@H](C)N[S@](=O)C(C)(C)C)cc2)cnn1C.S. The van der Waals surface area contributed by atoms with E-state index in [9.17, 15) is 4.21 Å². The van der Waals surface area contributed by atoms with Crippen LogP contribution < -0.4 is 4.72 Å². The molecule has 0 saturated heterocycles. The molecule has 1 aromatic carbocycles. The van der Waals surface area contributed by atoms with Crippen molar-refractivity contribution in [2.45, 2.75) is 45.4 Å². The van der Waals surface area contributed by atoms with Crippen molar-refractivity contribution in [1.29, 1.82) is 0 Å². The summed E-state index contributed by atoms with van der Waals surface area (Å²) in [5, 5.41) is 4.28. The maximum atomic E-state index is 12.2. The average molecular weight is 354 g/mol. The van der Waals surface area contributed by atoms with Crippen LogP contribution in [0.4, 0.5) is 0 Å². The molecule has 128 valence electrons. The van der Waals surface area contributed by atoms with Crippen LogP contribution in [0.3, 0.4) is 0 Å². The lowest BCUT2D eigenvalue weighted by Gasteiger charge is -2.22. The van der Waals surface area contributed by atoms with Crippen LogP contribution in [0.1, 0.15) is 45.0 Å². The molecule has 0 saturated carbocycles. The van der Waals surface area contributed by atoms with Gasteiger partial charge in [-0.3, -0.25) is 4.68 Å². The highest BCUT2D eigenvalue weighted by Crippen LogP contribution is 2.25. The molecular weight excluding hydrogens is 326 g/mol. The third-order valence-corrected chi connectivity index (χ3v) is 5.48. The first kappa shape index (κ1) is 19.9. The molecule has 2 aromatic rings. The predicted molar refractivity (Wildman–Crippen MR) is 103 cm³/mol. The van der Waals surface area contributed by atoms with Crippen molar-refractivity contribution < 1.29 is 4.21 Å². The topological polar surface area (TPSA) is 46.9 Å². The van der Waals surface area contributed by atoms with Crippen molar-refractivity contribution in [3.05, 3.63) is 41.7 Å². The number of nitrogens with one attached hydrogen (secondary N) is 1. The van der Waals surface area contributed by atoms with E-state index in [0.717, 1.165) is 22.4 Å². The molecule has 1 heterocycles.